The molecule has 0 amide bonds. The molecule has 0 aliphatic rings. The molecule has 0 radical (unpaired) electrons. The molecule has 0 saturated carbocycles. The summed E-state index contributed by atoms with van der Waals surface area (Å²) in [5.74, 6) is 5.20. The highest BCUT2D eigenvalue weighted by molar-refractivity contribution is 6.39. The first-order valence-corrected chi connectivity index (χ1v) is 12.7. The topological polar surface area (TPSA) is 150 Å². The van der Waals surface area contributed by atoms with Crippen LogP contribution in [0.15, 0.2) is 42.1 Å². The number of nitrogens with one attached hydrogen (secondary N) is 1. The summed E-state index contributed by atoms with van der Waals surface area (Å²) in [4.78, 5) is 0. The van der Waals surface area contributed by atoms with E-state index in [2.05, 4.69) is 15.3 Å². The van der Waals surface area contributed by atoms with Crippen molar-refractivity contribution in [1.29, 1.82) is 5.26 Å². The molecule has 0 atom stereocenters. The fraction of sp³-hybridized carbons (Fsp3) is 0.250. The minimum absolute atomic E-state index is 0.0707. The van der Waals surface area contributed by atoms with Gasteiger partial charge in [0.25, 0.3) is 0 Å². The fourth-order valence-electron chi connectivity index (χ4n) is 2.94. The number of nitriles is 1. The van der Waals surface area contributed by atoms with E-state index in [0.717, 1.165) is 24.3 Å². The summed E-state index contributed by atoms with van der Waals surface area (Å²) in [5.41, 5.74) is 12.4. The quantitative estimate of drug-likeness (QED) is 0.0913. The number of alkyl halides is 6. The number of anilines is 2. The molecular weight excluding hydrogens is 674 g/mol. The van der Waals surface area contributed by atoms with Crippen LogP contribution in [0.1, 0.15) is 16.8 Å². The highest BCUT2D eigenvalue weighted by Crippen LogP contribution is 2.39. The first-order valence-electron chi connectivity index (χ1n) is 11.2. The molecule has 0 aliphatic heterocycles. The lowest BCUT2D eigenvalue weighted by atomic mass is 10.2. The van der Waals surface area contributed by atoms with Crippen LogP contribution in [-0.2, 0) is 28.4 Å². The van der Waals surface area contributed by atoms with Crippen molar-refractivity contribution < 1.29 is 35.8 Å². The van der Waals surface area contributed by atoms with Gasteiger partial charge in [-0.05, 0) is 24.3 Å². The van der Waals surface area contributed by atoms with E-state index in [4.69, 9.17) is 73.7 Å². The average Bonchev–Trinajstić information content (AvgIpc) is 3.23. The van der Waals surface area contributed by atoms with Crippen molar-refractivity contribution in [2.24, 2.45) is 11.6 Å². The Bertz CT molecular complexity index is 1410. The molecule has 0 fully saturated rings. The lowest BCUT2D eigenvalue weighted by molar-refractivity contribution is -0.138. The number of benzene rings is 2. The van der Waals surface area contributed by atoms with Gasteiger partial charge in [-0.15, -0.1) is 0 Å². The van der Waals surface area contributed by atoms with Crippen molar-refractivity contribution in [2.45, 2.75) is 19.0 Å². The number of hydrogen-bond acceptors (Lipinski definition) is 8. The Morgan fingerprint density at radius 1 is 0.930 bits per heavy atom. The van der Waals surface area contributed by atoms with Gasteiger partial charge >= 0.3 is 12.4 Å². The number of allylic oxidation sites excluding steroid dienone is 1. The van der Waals surface area contributed by atoms with Crippen molar-refractivity contribution >= 4 is 57.9 Å². The number of ether oxygens (including phenoxy) is 2. The Morgan fingerprint density at radius 3 is 1.77 bits per heavy atom. The maximum Gasteiger partial charge on any atom is 0.416 e. The summed E-state index contributed by atoms with van der Waals surface area (Å²) in [6.45, 7) is 0.528. The molecule has 2 aromatic carbocycles. The monoisotopic (exact) mass is 695 g/mol. The lowest BCUT2D eigenvalue weighted by Crippen LogP contribution is -2.10. The fourth-order valence-corrected chi connectivity index (χ4v) is 4.19. The number of hydrogen-bond donors (Lipinski definition) is 4. The van der Waals surface area contributed by atoms with E-state index in [1.807, 2.05) is 0 Å². The van der Waals surface area contributed by atoms with Crippen LogP contribution in [0.5, 0.6) is 0 Å². The molecule has 19 heteroatoms. The largest absolute Gasteiger partial charge is 0.416 e. The second-order valence-electron chi connectivity index (χ2n) is 7.93. The molecule has 236 valence electrons. The second kappa shape index (κ2) is 16.7. The first-order chi connectivity index (χ1) is 19.9. The van der Waals surface area contributed by atoms with Crippen LogP contribution in [0.3, 0.4) is 0 Å². The molecule has 1 aromatic heterocycles. The van der Waals surface area contributed by atoms with Gasteiger partial charge in [0.2, 0.25) is 0 Å². The number of rotatable bonds is 6. The van der Waals surface area contributed by atoms with Crippen molar-refractivity contribution in [3.8, 4) is 11.8 Å². The van der Waals surface area contributed by atoms with Gasteiger partial charge in [0.1, 0.15) is 11.5 Å². The zero-order valence-electron chi connectivity index (χ0n) is 22.0. The highest BCUT2D eigenvalue weighted by atomic mass is 35.5. The zero-order chi connectivity index (χ0) is 33.1. The minimum atomic E-state index is -4.54. The van der Waals surface area contributed by atoms with Crippen molar-refractivity contribution in [1.82, 2.24) is 9.78 Å². The van der Waals surface area contributed by atoms with Gasteiger partial charge in [-0.3, -0.25) is 5.84 Å². The Kier molecular flexibility index (Phi) is 14.7. The van der Waals surface area contributed by atoms with Gasteiger partial charge < -0.3 is 26.4 Å². The van der Waals surface area contributed by atoms with Crippen molar-refractivity contribution in [3.05, 3.63) is 79.0 Å². The first kappa shape index (κ1) is 37.9. The third-order valence-electron chi connectivity index (χ3n) is 4.71. The van der Waals surface area contributed by atoms with Crippen LogP contribution >= 0.6 is 46.4 Å². The number of halogens is 10. The Labute approximate surface area is 261 Å². The van der Waals surface area contributed by atoms with Crippen molar-refractivity contribution in [3.63, 3.8) is 0 Å². The van der Waals surface area contributed by atoms with Crippen LogP contribution in [0, 0.1) is 11.3 Å². The molecule has 3 rings (SSSR count). The van der Waals surface area contributed by atoms with E-state index in [-0.39, 0.29) is 43.9 Å². The molecule has 0 unspecified atom stereocenters. The smallest absolute Gasteiger partial charge is 0.400 e. The van der Waals surface area contributed by atoms with Crippen LogP contribution in [0.2, 0.25) is 20.1 Å². The SMILES string of the molecule is COC/C(N)=C/C#N.COCc1cc(N)n(-c2c(Cl)cc(C(F)(F)F)cc2Cl)n1.NNc1c(Cl)cc(C(F)(F)F)cc1Cl. The minimum Gasteiger partial charge on any atom is -0.400 e. The second-order valence-corrected chi connectivity index (χ2v) is 9.56. The molecule has 0 aliphatic carbocycles. The van der Waals surface area contributed by atoms with Crippen LogP contribution in [-0.4, -0.2) is 30.6 Å². The normalized spacial score (nSPS) is 11.6. The third-order valence-corrected chi connectivity index (χ3v) is 5.88. The van der Waals surface area contributed by atoms with Gasteiger partial charge in [-0.2, -0.15) is 36.7 Å². The predicted molar refractivity (Wildman–Crippen MR) is 153 cm³/mol. The van der Waals surface area contributed by atoms with E-state index in [0.29, 0.717) is 18.0 Å². The number of methoxy groups -OCH3 is 2. The Hall–Kier alpha value is -3.10. The maximum atomic E-state index is 12.7. The third kappa shape index (κ3) is 11.5. The molecule has 9 nitrogen and oxygen atoms in total. The van der Waals surface area contributed by atoms with Crippen LogP contribution < -0.4 is 22.7 Å². The summed E-state index contributed by atoms with van der Waals surface area (Å²) in [6, 6.07) is 6.37. The summed E-state index contributed by atoms with van der Waals surface area (Å²) in [6.07, 6.45) is -7.76. The molecule has 43 heavy (non-hydrogen) atoms. The summed E-state index contributed by atoms with van der Waals surface area (Å²) in [5, 5.41) is 11.4. The van der Waals surface area contributed by atoms with Gasteiger partial charge in [0, 0.05) is 32.1 Å². The lowest BCUT2D eigenvalue weighted by Gasteiger charge is -2.13. The highest BCUT2D eigenvalue weighted by Gasteiger charge is 2.33. The zero-order valence-corrected chi connectivity index (χ0v) is 25.1. The van der Waals surface area contributed by atoms with Crippen molar-refractivity contribution in [2.75, 3.05) is 32.0 Å². The standard InChI is InChI=1S/C12H10Cl2F3N3O.C7H5Cl2F3N2.C5H8N2O/c1-21-5-7-4-10(18)20(19-7)11-8(13)2-6(3-9(11)14)12(15,16)17;8-4-1-3(7(10,11)12)2-5(9)6(4)14-13;1-8-4-5(7)2-3-6/h2-4H,5,18H2,1H3;1-2,14H,13H2;2H,4,7H2,1H3/b;;5-2-. The molecule has 0 spiro atoms. The number of nitrogen functional groups attached to an aromatic ring is 2. The van der Waals surface area contributed by atoms with E-state index in [1.165, 1.54) is 31.0 Å². The molecule has 7 N–H and O–H groups in total. The number of nitrogens with zero attached hydrogens (tertiary/aromatic N) is 3. The van der Waals surface area contributed by atoms with E-state index < -0.39 is 23.5 Å². The molecule has 1 heterocycles. The van der Waals surface area contributed by atoms with E-state index in [1.54, 1.807) is 6.07 Å². The predicted octanol–water partition coefficient (Wildman–Crippen LogP) is 7.22. The molecular formula is C24H23Cl4F6N7O2. The summed E-state index contributed by atoms with van der Waals surface area (Å²) >= 11 is 22.8. The Balaban J connectivity index is 0.000000362. The van der Waals surface area contributed by atoms with E-state index >= 15 is 0 Å². The van der Waals surface area contributed by atoms with Crippen LogP contribution in [0.25, 0.3) is 5.69 Å². The number of nitrogens with two attached hydrogens (primary N) is 3. The van der Waals surface area contributed by atoms with Crippen LogP contribution in [0.4, 0.5) is 37.8 Å². The van der Waals surface area contributed by atoms with E-state index in [9.17, 15) is 26.3 Å². The molecule has 0 saturated heterocycles. The summed E-state index contributed by atoms with van der Waals surface area (Å²) in [7, 11) is 3.01. The van der Waals surface area contributed by atoms with Gasteiger partial charge in [0.05, 0.1) is 61.9 Å². The van der Waals surface area contributed by atoms with Gasteiger partial charge in [-0.25, -0.2) is 4.68 Å². The molecule has 3 aromatic rings. The molecule has 0 bridgehead atoms. The maximum absolute atomic E-state index is 12.7. The van der Waals surface area contributed by atoms with Gasteiger partial charge in [-0.1, -0.05) is 46.4 Å². The Morgan fingerprint density at radius 2 is 1.40 bits per heavy atom. The summed E-state index contributed by atoms with van der Waals surface area (Å²) < 4.78 is 85.4. The number of aromatic nitrogens is 2. The number of hydrazine groups is 1. The average molecular weight is 697 g/mol. The van der Waals surface area contributed by atoms with Gasteiger partial charge in [0.15, 0.2) is 0 Å².